The van der Waals surface area contributed by atoms with Crippen molar-refractivity contribution in [3.05, 3.63) is 16.9 Å². The first-order valence-corrected chi connectivity index (χ1v) is 7.98. The normalized spacial score (nSPS) is 14.8. The summed E-state index contributed by atoms with van der Waals surface area (Å²) in [4.78, 5) is 0. The van der Waals surface area contributed by atoms with Gasteiger partial charge in [-0.1, -0.05) is 18.5 Å². The van der Waals surface area contributed by atoms with E-state index in [1.807, 2.05) is 6.92 Å². The van der Waals surface area contributed by atoms with Crippen molar-refractivity contribution in [2.45, 2.75) is 44.6 Å². The lowest BCUT2D eigenvalue weighted by atomic mass is 10.0. The zero-order valence-corrected chi connectivity index (χ0v) is 12.6. The molecule has 1 aromatic rings. The maximum Gasteiger partial charge on any atom is 0.155 e. The van der Waals surface area contributed by atoms with Gasteiger partial charge in [0.2, 0.25) is 0 Å². The minimum Gasteiger partial charge on any atom is -0.385 e. The van der Waals surface area contributed by atoms with E-state index < -0.39 is 20.7 Å². The molecule has 0 aliphatic rings. The molecule has 1 rings (SSSR count). The Morgan fingerprint density at radius 1 is 1.56 bits per heavy atom. The zero-order chi connectivity index (χ0) is 14.1. The highest BCUT2D eigenvalue weighted by atomic mass is 35.5. The molecule has 5 nitrogen and oxygen atoms in total. The largest absolute Gasteiger partial charge is 0.385 e. The number of aromatic nitrogens is 2. The minimum atomic E-state index is -3.43. The third-order valence-corrected chi connectivity index (χ3v) is 5.57. The molecule has 0 aromatic carbocycles. The third-order valence-electron chi connectivity index (χ3n) is 3.14. The summed E-state index contributed by atoms with van der Waals surface area (Å²) in [7, 11) is -3.43. The predicted octanol–water partition coefficient (Wildman–Crippen LogP) is 1.80. The molecule has 0 amide bonds. The highest BCUT2D eigenvalue weighted by Gasteiger charge is 2.41. The smallest absolute Gasteiger partial charge is 0.155 e. The van der Waals surface area contributed by atoms with E-state index >= 15 is 0 Å². The van der Waals surface area contributed by atoms with Crippen molar-refractivity contribution in [1.82, 2.24) is 9.78 Å². The Bertz CT molecular complexity index is 522. The molecule has 104 valence electrons. The van der Waals surface area contributed by atoms with Gasteiger partial charge in [-0.05, 0) is 20.3 Å². The maximum absolute atomic E-state index is 11.7. The molecule has 0 bridgehead atoms. The van der Waals surface area contributed by atoms with Gasteiger partial charge >= 0.3 is 0 Å². The van der Waals surface area contributed by atoms with Crippen LogP contribution in [0.3, 0.4) is 0 Å². The number of halogens is 1. The molecule has 0 aliphatic heterocycles. The van der Waals surface area contributed by atoms with E-state index in [1.54, 1.807) is 4.68 Å². The highest BCUT2D eigenvalue weighted by molar-refractivity contribution is 7.92. The Balaban J connectivity index is 3.26. The average molecular weight is 295 g/mol. The van der Waals surface area contributed by atoms with Crippen LogP contribution in [0.25, 0.3) is 0 Å². The topological polar surface area (TPSA) is 72.2 Å². The standard InChI is InChI=1S/C11H19ClN2O3S/c1-5-6-14-9(8(12)7-13-14)10(15)11(2,3)18(4,16)17/h7,10,15H,5-6H2,1-4H3. The van der Waals surface area contributed by atoms with Gasteiger partial charge in [-0.2, -0.15) is 5.10 Å². The molecule has 0 spiro atoms. The third kappa shape index (κ3) is 2.70. The molecule has 1 unspecified atom stereocenters. The lowest BCUT2D eigenvalue weighted by molar-refractivity contribution is 0.129. The lowest BCUT2D eigenvalue weighted by Crippen LogP contribution is -2.39. The van der Waals surface area contributed by atoms with E-state index in [1.165, 1.54) is 20.0 Å². The van der Waals surface area contributed by atoms with Crippen LogP contribution in [-0.4, -0.2) is 34.3 Å². The van der Waals surface area contributed by atoms with Gasteiger partial charge in [-0.3, -0.25) is 4.68 Å². The Morgan fingerprint density at radius 3 is 2.56 bits per heavy atom. The van der Waals surface area contributed by atoms with Gasteiger partial charge in [0, 0.05) is 12.8 Å². The second-order valence-electron chi connectivity index (χ2n) is 4.88. The van der Waals surface area contributed by atoms with Crippen molar-refractivity contribution in [1.29, 1.82) is 0 Å². The second-order valence-corrected chi connectivity index (χ2v) is 7.88. The number of sulfone groups is 1. The lowest BCUT2D eigenvalue weighted by Gasteiger charge is -2.29. The fourth-order valence-corrected chi connectivity index (χ4v) is 2.33. The van der Waals surface area contributed by atoms with Gasteiger partial charge in [0.15, 0.2) is 9.84 Å². The Morgan fingerprint density at radius 2 is 2.11 bits per heavy atom. The molecule has 0 aliphatic carbocycles. The van der Waals surface area contributed by atoms with Gasteiger partial charge in [-0.25, -0.2) is 8.42 Å². The first-order valence-electron chi connectivity index (χ1n) is 5.71. The number of aliphatic hydroxyl groups is 1. The van der Waals surface area contributed by atoms with Gasteiger partial charge in [0.05, 0.1) is 21.7 Å². The summed E-state index contributed by atoms with van der Waals surface area (Å²) in [5.74, 6) is 0. The summed E-state index contributed by atoms with van der Waals surface area (Å²) in [5, 5.41) is 14.7. The molecule has 0 saturated carbocycles. The molecule has 1 atom stereocenters. The SMILES string of the molecule is CCCn1ncc(Cl)c1C(O)C(C)(C)S(C)(=O)=O. The van der Waals surface area contributed by atoms with Crippen LogP contribution in [0.5, 0.6) is 0 Å². The van der Waals surface area contributed by atoms with Crippen molar-refractivity contribution in [2.75, 3.05) is 6.26 Å². The summed E-state index contributed by atoms with van der Waals surface area (Å²) in [6.07, 6.45) is 2.13. The number of hydrogen-bond donors (Lipinski definition) is 1. The predicted molar refractivity (Wildman–Crippen MR) is 71.4 cm³/mol. The summed E-state index contributed by atoms with van der Waals surface area (Å²) in [5.41, 5.74) is 0.356. The van der Waals surface area contributed by atoms with Crippen LogP contribution in [0.2, 0.25) is 5.02 Å². The summed E-state index contributed by atoms with van der Waals surface area (Å²) in [6, 6.07) is 0. The number of aliphatic hydroxyl groups excluding tert-OH is 1. The number of hydrogen-bond acceptors (Lipinski definition) is 4. The molecule has 7 heteroatoms. The van der Waals surface area contributed by atoms with Crippen molar-refractivity contribution in [3.63, 3.8) is 0 Å². The van der Waals surface area contributed by atoms with Crippen molar-refractivity contribution in [3.8, 4) is 0 Å². The number of aryl methyl sites for hydroxylation is 1. The first kappa shape index (κ1) is 15.5. The molecule has 0 saturated heterocycles. The van der Waals surface area contributed by atoms with Crippen LogP contribution in [0.1, 0.15) is 39.0 Å². The molecule has 0 radical (unpaired) electrons. The van der Waals surface area contributed by atoms with Gasteiger partial charge in [0.1, 0.15) is 6.10 Å². The molecule has 1 N–H and O–H groups in total. The molecular weight excluding hydrogens is 276 g/mol. The van der Waals surface area contributed by atoms with Crippen LogP contribution >= 0.6 is 11.6 Å². The molecule has 1 aromatic heterocycles. The summed E-state index contributed by atoms with van der Waals surface area (Å²) >= 11 is 5.99. The van der Waals surface area contributed by atoms with E-state index in [-0.39, 0.29) is 5.02 Å². The quantitative estimate of drug-likeness (QED) is 0.899. The van der Waals surface area contributed by atoms with E-state index in [0.29, 0.717) is 12.2 Å². The Hall–Kier alpha value is -0.590. The fourth-order valence-electron chi connectivity index (χ4n) is 1.57. The van der Waals surface area contributed by atoms with Crippen LogP contribution in [-0.2, 0) is 16.4 Å². The van der Waals surface area contributed by atoms with Gasteiger partial charge in [-0.15, -0.1) is 0 Å². The van der Waals surface area contributed by atoms with E-state index in [9.17, 15) is 13.5 Å². The van der Waals surface area contributed by atoms with Crippen LogP contribution in [0.15, 0.2) is 6.20 Å². The second kappa shape index (κ2) is 5.19. The van der Waals surface area contributed by atoms with Crippen LogP contribution in [0.4, 0.5) is 0 Å². The van der Waals surface area contributed by atoms with E-state index in [4.69, 9.17) is 11.6 Å². The monoisotopic (exact) mass is 294 g/mol. The minimum absolute atomic E-state index is 0.285. The number of rotatable bonds is 5. The molecule has 1 heterocycles. The number of nitrogens with zero attached hydrogens (tertiary/aromatic N) is 2. The van der Waals surface area contributed by atoms with Crippen molar-refractivity contribution in [2.24, 2.45) is 0 Å². The van der Waals surface area contributed by atoms with Crippen LogP contribution < -0.4 is 0 Å². The van der Waals surface area contributed by atoms with Crippen molar-refractivity contribution < 1.29 is 13.5 Å². The Kier molecular flexibility index (Phi) is 4.46. The van der Waals surface area contributed by atoms with Crippen molar-refractivity contribution >= 4 is 21.4 Å². The molecule has 0 fully saturated rings. The summed E-state index contributed by atoms with van der Waals surface area (Å²) in [6.45, 7) is 5.51. The van der Waals surface area contributed by atoms with Gasteiger partial charge in [0.25, 0.3) is 0 Å². The van der Waals surface area contributed by atoms with Gasteiger partial charge < -0.3 is 5.11 Å². The molecular formula is C11H19ClN2O3S. The average Bonchev–Trinajstić information content (AvgIpc) is 2.58. The Labute approximate surface area is 113 Å². The molecule has 18 heavy (non-hydrogen) atoms. The zero-order valence-electron chi connectivity index (χ0n) is 11.0. The van der Waals surface area contributed by atoms with E-state index in [2.05, 4.69) is 5.10 Å². The van der Waals surface area contributed by atoms with Crippen LogP contribution in [0, 0.1) is 0 Å². The maximum atomic E-state index is 11.7. The summed E-state index contributed by atoms with van der Waals surface area (Å²) < 4.78 is 23.7. The fraction of sp³-hybridized carbons (Fsp3) is 0.727. The first-order chi connectivity index (χ1) is 8.13. The highest BCUT2D eigenvalue weighted by Crippen LogP contribution is 2.35. The van der Waals surface area contributed by atoms with E-state index in [0.717, 1.165) is 12.7 Å².